The van der Waals surface area contributed by atoms with Crippen molar-refractivity contribution >= 4 is 11.7 Å². The van der Waals surface area contributed by atoms with Gasteiger partial charge in [0.1, 0.15) is 0 Å². The predicted octanol–water partition coefficient (Wildman–Crippen LogP) is 3.37. The average molecular weight is 290 g/mol. The number of hydrogen-bond donors (Lipinski definition) is 2. The summed E-state index contributed by atoms with van der Waals surface area (Å²) in [6.07, 6.45) is 4.86. The van der Waals surface area contributed by atoms with Gasteiger partial charge in [-0.15, -0.1) is 0 Å². The van der Waals surface area contributed by atoms with Gasteiger partial charge in [0.05, 0.1) is 5.56 Å². The van der Waals surface area contributed by atoms with Crippen molar-refractivity contribution in [3.05, 3.63) is 29.3 Å². The molecule has 0 bridgehead atoms. The van der Waals surface area contributed by atoms with E-state index in [2.05, 4.69) is 18.7 Å². The minimum atomic E-state index is -0.934. The fraction of sp³-hybridized carbons (Fsp3) is 0.588. The maximum atomic E-state index is 11.4. The quantitative estimate of drug-likeness (QED) is 0.816. The predicted molar refractivity (Wildman–Crippen MR) is 85.3 cm³/mol. The molecule has 1 aliphatic heterocycles. The van der Waals surface area contributed by atoms with Crippen LogP contribution in [0.25, 0.3) is 0 Å². The third-order valence-corrected chi connectivity index (χ3v) is 5.21. The maximum absolute atomic E-state index is 11.4. The van der Waals surface area contributed by atoms with E-state index in [9.17, 15) is 9.90 Å². The molecule has 1 saturated heterocycles. The summed E-state index contributed by atoms with van der Waals surface area (Å²) in [6.45, 7) is 7.31. The number of likely N-dealkylation sites (tertiary alicyclic amines) is 1. The topological polar surface area (TPSA) is 66.6 Å². The van der Waals surface area contributed by atoms with Crippen LogP contribution < -0.4 is 5.73 Å². The molecule has 2 rings (SSSR count). The first-order chi connectivity index (χ1) is 10.0. The number of carbonyl (C=O) groups is 1. The van der Waals surface area contributed by atoms with Crippen LogP contribution in [0.4, 0.5) is 5.69 Å². The third kappa shape index (κ3) is 3.38. The van der Waals surface area contributed by atoms with Crippen LogP contribution in [0.2, 0.25) is 0 Å². The lowest BCUT2D eigenvalue weighted by Gasteiger charge is -2.41. The highest BCUT2D eigenvalue weighted by molar-refractivity contribution is 5.95. The molecule has 4 heteroatoms. The molecule has 0 aliphatic carbocycles. The summed E-state index contributed by atoms with van der Waals surface area (Å²) in [4.78, 5) is 13.7. The SMILES string of the molecule is CCC1(CC)CCN(Cc2cccc(N)c2C(=O)O)CC1. The summed E-state index contributed by atoms with van der Waals surface area (Å²) in [7, 11) is 0. The normalized spacial score (nSPS) is 18.6. The van der Waals surface area contributed by atoms with Crippen LogP contribution in [0, 0.1) is 5.41 Å². The summed E-state index contributed by atoms with van der Waals surface area (Å²) in [5.41, 5.74) is 7.74. The largest absolute Gasteiger partial charge is 0.478 e. The number of hydrogen-bond acceptors (Lipinski definition) is 3. The minimum absolute atomic E-state index is 0.264. The van der Waals surface area contributed by atoms with Crippen LogP contribution in [0.1, 0.15) is 55.5 Å². The molecule has 21 heavy (non-hydrogen) atoms. The van der Waals surface area contributed by atoms with Crippen LogP contribution in [0.15, 0.2) is 18.2 Å². The van der Waals surface area contributed by atoms with E-state index in [0.717, 1.165) is 18.7 Å². The van der Waals surface area contributed by atoms with Crippen molar-refractivity contribution in [3.8, 4) is 0 Å². The molecule has 0 amide bonds. The van der Waals surface area contributed by atoms with Gasteiger partial charge in [0.2, 0.25) is 0 Å². The van der Waals surface area contributed by atoms with Crippen LogP contribution in [0.5, 0.6) is 0 Å². The first-order valence-corrected chi connectivity index (χ1v) is 7.84. The molecule has 1 aromatic carbocycles. The van der Waals surface area contributed by atoms with Crippen LogP contribution >= 0.6 is 0 Å². The smallest absolute Gasteiger partial charge is 0.338 e. The van der Waals surface area contributed by atoms with Gasteiger partial charge in [-0.3, -0.25) is 4.90 Å². The van der Waals surface area contributed by atoms with Gasteiger partial charge in [0.15, 0.2) is 0 Å². The molecule has 1 fully saturated rings. The highest BCUT2D eigenvalue weighted by Crippen LogP contribution is 2.38. The van der Waals surface area contributed by atoms with E-state index in [1.165, 1.54) is 25.7 Å². The Kier molecular flexibility index (Phi) is 4.88. The molecular formula is C17H26N2O2. The lowest BCUT2D eigenvalue weighted by atomic mass is 9.74. The third-order valence-electron chi connectivity index (χ3n) is 5.21. The van der Waals surface area contributed by atoms with Gasteiger partial charge in [-0.25, -0.2) is 4.79 Å². The standard InChI is InChI=1S/C17H26N2O2/c1-3-17(4-2)8-10-19(11-9-17)12-13-6-5-7-14(18)15(13)16(20)21/h5-7H,3-4,8-12,18H2,1-2H3,(H,20,21). The molecule has 0 unspecified atom stereocenters. The Morgan fingerprint density at radius 3 is 2.43 bits per heavy atom. The molecule has 1 heterocycles. The van der Waals surface area contributed by atoms with Crippen molar-refractivity contribution < 1.29 is 9.90 Å². The molecule has 1 aliphatic rings. The highest BCUT2D eigenvalue weighted by Gasteiger charge is 2.31. The van der Waals surface area contributed by atoms with Gasteiger partial charge in [0.25, 0.3) is 0 Å². The van der Waals surface area contributed by atoms with Crippen LogP contribution in [-0.4, -0.2) is 29.1 Å². The van der Waals surface area contributed by atoms with E-state index < -0.39 is 5.97 Å². The lowest BCUT2D eigenvalue weighted by Crippen LogP contribution is -2.39. The number of carboxylic acid groups (broad SMARTS) is 1. The van der Waals surface area contributed by atoms with Crippen molar-refractivity contribution in [1.29, 1.82) is 0 Å². The highest BCUT2D eigenvalue weighted by atomic mass is 16.4. The number of nitrogen functional groups attached to an aromatic ring is 1. The molecule has 0 aromatic heterocycles. The molecule has 3 N–H and O–H groups in total. The van der Waals surface area contributed by atoms with Gasteiger partial charge in [0, 0.05) is 12.2 Å². The van der Waals surface area contributed by atoms with Crippen molar-refractivity contribution in [2.24, 2.45) is 5.41 Å². The Balaban J connectivity index is 2.08. The van der Waals surface area contributed by atoms with E-state index >= 15 is 0 Å². The second-order valence-corrected chi connectivity index (χ2v) is 6.17. The number of benzene rings is 1. The number of piperidine rings is 1. The Hall–Kier alpha value is -1.55. The fourth-order valence-electron chi connectivity index (χ4n) is 3.40. The summed E-state index contributed by atoms with van der Waals surface area (Å²) in [5.74, 6) is -0.934. The maximum Gasteiger partial charge on any atom is 0.338 e. The van der Waals surface area contributed by atoms with Crippen LogP contribution in [-0.2, 0) is 6.54 Å². The number of nitrogens with zero attached hydrogens (tertiary/aromatic N) is 1. The molecular weight excluding hydrogens is 264 g/mol. The van der Waals surface area contributed by atoms with Crippen molar-refractivity contribution in [1.82, 2.24) is 4.90 Å². The number of nitrogens with two attached hydrogens (primary N) is 1. The summed E-state index contributed by atoms with van der Waals surface area (Å²) >= 11 is 0. The molecule has 0 atom stereocenters. The zero-order valence-electron chi connectivity index (χ0n) is 13.1. The van der Waals surface area contributed by atoms with E-state index in [1.54, 1.807) is 6.07 Å². The number of aromatic carboxylic acids is 1. The number of carboxylic acids is 1. The van der Waals surface area contributed by atoms with Gasteiger partial charge >= 0.3 is 5.97 Å². The Labute approximate surface area is 126 Å². The number of rotatable bonds is 5. The van der Waals surface area contributed by atoms with E-state index in [1.807, 2.05) is 12.1 Å². The Morgan fingerprint density at radius 1 is 1.29 bits per heavy atom. The molecule has 1 aromatic rings. The van der Waals surface area contributed by atoms with Gasteiger partial charge in [-0.2, -0.15) is 0 Å². The second-order valence-electron chi connectivity index (χ2n) is 6.17. The van der Waals surface area contributed by atoms with Gasteiger partial charge < -0.3 is 10.8 Å². The van der Waals surface area contributed by atoms with Gasteiger partial charge in [-0.1, -0.05) is 38.8 Å². The zero-order valence-corrected chi connectivity index (χ0v) is 13.1. The minimum Gasteiger partial charge on any atom is -0.478 e. The summed E-state index contributed by atoms with van der Waals surface area (Å²) in [5, 5.41) is 9.34. The average Bonchev–Trinajstić information content (AvgIpc) is 2.48. The summed E-state index contributed by atoms with van der Waals surface area (Å²) in [6, 6.07) is 5.37. The molecule has 0 radical (unpaired) electrons. The van der Waals surface area contributed by atoms with E-state index in [-0.39, 0.29) is 5.56 Å². The van der Waals surface area contributed by atoms with Crippen LogP contribution in [0.3, 0.4) is 0 Å². The number of anilines is 1. The van der Waals surface area contributed by atoms with Crippen molar-refractivity contribution in [3.63, 3.8) is 0 Å². The first-order valence-electron chi connectivity index (χ1n) is 7.84. The zero-order chi connectivity index (χ0) is 15.5. The lowest BCUT2D eigenvalue weighted by molar-refractivity contribution is 0.0690. The Bertz CT molecular complexity index is 500. The fourth-order valence-corrected chi connectivity index (χ4v) is 3.40. The molecule has 116 valence electrons. The van der Waals surface area contributed by atoms with Crippen molar-refractivity contribution in [2.45, 2.75) is 46.1 Å². The molecule has 0 spiro atoms. The second kappa shape index (κ2) is 6.48. The monoisotopic (exact) mass is 290 g/mol. The molecule has 0 saturated carbocycles. The van der Waals surface area contributed by atoms with E-state index in [4.69, 9.17) is 5.73 Å². The van der Waals surface area contributed by atoms with Gasteiger partial charge in [-0.05, 0) is 43.0 Å². The Morgan fingerprint density at radius 2 is 1.90 bits per heavy atom. The van der Waals surface area contributed by atoms with Crippen molar-refractivity contribution in [2.75, 3.05) is 18.8 Å². The molecule has 4 nitrogen and oxygen atoms in total. The summed E-state index contributed by atoms with van der Waals surface area (Å²) < 4.78 is 0. The van der Waals surface area contributed by atoms with E-state index in [0.29, 0.717) is 17.6 Å². The first kappa shape index (κ1) is 15.8.